The van der Waals surface area contributed by atoms with Gasteiger partial charge in [0.15, 0.2) is 5.96 Å². The monoisotopic (exact) mass is 466 g/mol. The summed E-state index contributed by atoms with van der Waals surface area (Å²) in [6.45, 7) is 7.83. The molecule has 0 aliphatic carbocycles. The molecule has 0 spiro atoms. The molecular formula is C17H28ClIN4O. The minimum absolute atomic E-state index is 0. The highest BCUT2D eigenvalue weighted by Gasteiger charge is 2.22. The summed E-state index contributed by atoms with van der Waals surface area (Å²) in [6.07, 6.45) is 2.45. The van der Waals surface area contributed by atoms with E-state index in [1.54, 1.807) is 0 Å². The van der Waals surface area contributed by atoms with Crippen molar-refractivity contribution in [1.29, 1.82) is 0 Å². The number of rotatable bonds is 7. The molecule has 1 aromatic carbocycles. The second-order valence-corrected chi connectivity index (χ2v) is 6.35. The molecule has 3 N–H and O–H groups in total. The highest BCUT2D eigenvalue weighted by atomic mass is 127. The standard InChI is InChI=1S/C17H27ClN4O.HI/c1-3-22-10-4-5-15(22)12-21-17(19)20-11-13(2)23-16-8-6-14(18)7-9-16;/h6-9,13,15H,3-5,10-12H2,1-2H3,(H3,19,20,21);1H. The number of nitrogens with zero attached hydrogens (tertiary/aromatic N) is 2. The van der Waals surface area contributed by atoms with E-state index in [0.717, 1.165) is 18.8 Å². The molecule has 5 nitrogen and oxygen atoms in total. The summed E-state index contributed by atoms with van der Waals surface area (Å²) in [5, 5.41) is 3.93. The Balaban J connectivity index is 0.00000288. The Bertz CT molecular complexity index is 512. The van der Waals surface area contributed by atoms with Gasteiger partial charge in [-0.3, -0.25) is 4.90 Å². The van der Waals surface area contributed by atoms with Crippen molar-refractivity contribution in [2.24, 2.45) is 10.7 Å². The third-order valence-electron chi connectivity index (χ3n) is 4.09. The van der Waals surface area contributed by atoms with E-state index in [1.807, 2.05) is 31.2 Å². The van der Waals surface area contributed by atoms with E-state index in [2.05, 4.69) is 22.1 Å². The predicted octanol–water partition coefficient (Wildman–Crippen LogP) is 3.11. The van der Waals surface area contributed by atoms with Crippen LogP contribution in [-0.4, -0.2) is 49.2 Å². The summed E-state index contributed by atoms with van der Waals surface area (Å²) < 4.78 is 5.77. The number of hydrogen-bond acceptors (Lipinski definition) is 3. The van der Waals surface area contributed by atoms with Crippen LogP contribution >= 0.6 is 35.6 Å². The van der Waals surface area contributed by atoms with Crippen LogP contribution in [0.4, 0.5) is 0 Å². The molecule has 7 heteroatoms. The van der Waals surface area contributed by atoms with Gasteiger partial charge in [0, 0.05) is 17.6 Å². The van der Waals surface area contributed by atoms with Crippen LogP contribution in [0.3, 0.4) is 0 Å². The number of hydrogen-bond donors (Lipinski definition) is 2. The summed E-state index contributed by atoms with van der Waals surface area (Å²) >= 11 is 5.85. The van der Waals surface area contributed by atoms with Crippen molar-refractivity contribution in [3.8, 4) is 5.75 Å². The topological polar surface area (TPSA) is 62.9 Å². The fourth-order valence-electron chi connectivity index (χ4n) is 2.83. The van der Waals surface area contributed by atoms with Crippen LogP contribution in [0.1, 0.15) is 26.7 Å². The molecule has 136 valence electrons. The molecule has 2 rings (SSSR count). The fraction of sp³-hybridized carbons (Fsp3) is 0.588. The molecule has 1 aliphatic rings. The molecule has 0 aromatic heterocycles. The SMILES string of the molecule is CCN1CCCC1CNC(N)=NCC(C)Oc1ccc(Cl)cc1.I. The first-order valence-corrected chi connectivity index (χ1v) is 8.66. The maximum absolute atomic E-state index is 5.95. The normalized spacial score (nSPS) is 19.6. The third kappa shape index (κ3) is 7.03. The van der Waals surface area contributed by atoms with Crippen LogP contribution in [-0.2, 0) is 0 Å². The Labute approximate surface area is 167 Å². The number of halogens is 2. The highest BCUT2D eigenvalue weighted by molar-refractivity contribution is 14.0. The van der Waals surface area contributed by atoms with Gasteiger partial charge in [0.05, 0.1) is 6.54 Å². The number of ether oxygens (including phenoxy) is 1. The van der Waals surface area contributed by atoms with Crippen molar-refractivity contribution in [1.82, 2.24) is 10.2 Å². The molecule has 1 heterocycles. The van der Waals surface area contributed by atoms with Crippen LogP contribution in [0.2, 0.25) is 5.02 Å². The lowest BCUT2D eigenvalue weighted by Gasteiger charge is -2.23. The van der Waals surface area contributed by atoms with E-state index in [-0.39, 0.29) is 30.1 Å². The molecule has 0 radical (unpaired) electrons. The van der Waals surface area contributed by atoms with Gasteiger partial charge in [-0.15, -0.1) is 24.0 Å². The number of guanidine groups is 1. The van der Waals surface area contributed by atoms with E-state index in [1.165, 1.54) is 19.4 Å². The Hall–Kier alpha value is -0.730. The Morgan fingerprint density at radius 2 is 2.17 bits per heavy atom. The zero-order chi connectivity index (χ0) is 16.7. The molecule has 1 aliphatic heterocycles. The number of benzene rings is 1. The summed E-state index contributed by atoms with van der Waals surface area (Å²) in [6, 6.07) is 7.89. The number of nitrogens with two attached hydrogens (primary N) is 1. The fourth-order valence-corrected chi connectivity index (χ4v) is 2.96. The maximum Gasteiger partial charge on any atom is 0.188 e. The van der Waals surface area contributed by atoms with Gasteiger partial charge in [0.1, 0.15) is 11.9 Å². The van der Waals surface area contributed by atoms with Crippen molar-refractivity contribution in [2.45, 2.75) is 38.8 Å². The summed E-state index contributed by atoms with van der Waals surface area (Å²) in [7, 11) is 0. The Morgan fingerprint density at radius 3 is 2.83 bits per heavy atom. The minimum atomic E-state index is -0.0462. The molecule has 2 atom stereocenters. The summed E-state index contributed by atoms with van der Waals surface area (Å²) in [5.41, 5.74) is 5.95. The molecule has 1 saturated heterocycles. The largest absolute Gasteiger partial charge is 0.489 e. The van der Waals surface area contributed by atoms with Gasteiger partial charge < -0.3 is 15.8 Å². The van der Waals surface area contributed by atoms with Crippen molar-refractivity contribution in [2.75, 3.05) is 26.2 Å². The van der Waals surface area contributed by atoms with Crippen LogP contribution in [0, 0.1) is 0 Å². The maximum atomic E-state index is 5.95. The lowest BCUT2D eigenvalue weighted by atomic mass is 10.2. The van der Waals surface area contributed by atoms with Crippen LogP contribution in [0.15, 0.2) is 29.3 Å². The van der Waals surface area contributed by atoms with E-state index >= 15 is 0 Å². The van der Waals surface area contributed by atoms with Gasteiger partial charge in [-0.2, -0.15) is 0 Å². The predicted molar refractivity (Wildman–Crippen MR) is 112 cm³/mol. The average molecular weight is 467 g/mol. The van der Waals surface area contributed by atoms with E-state index in [0.29, 0.717) is 23.6 Å². The molecule has 24 heavy (non-hydrogen) atoms. The van der Waals surface area contributed by atoms with Crippen LogP contribution < -0.4 is 15.8 Å². The number of nitrogens with one attached hydrogen (secondary N) is 1. The summed E-state index contributed by atoms with van der Waals surface area (Å²) in [5.74, 6) is 1.27. The second-order valence-electron chi connectivity index (χ2n) is 5.91. The lowest BCUT2D eigenvalue weighted by Crippen LogP contribution is -2.43. The van der Waals surface area contributed by atoms with E-state index in [9.17, 15) is 0 Å². The molecule has 2 unspecified atom stereocenters. The third-order valence-corrected chi connectivity index (χ3v) is 4.35. The Kier molecular flexibility index (Phi) is 9.76. The average Bonchev–Trinajstić information content (AvgIpc) is 3.00. The van der Waals surface area contributed by atoms with Gasteiger partial charge in [-0.25, -0.2) is 4.99 Å². The highest BCUT2D eigenvalue weighted by Crippen LogP contribution is 2.17. The number of likely N-dealkylation sites (N-methyl/N-ethyl adjacent to an activating group) is 1. The molecule has 1 fully saturated rings. The molecule has 0 amide bonds. The zero-order valence-corrected chi connectivity index (χ0v) is 17.5. The van der Waals surface area contributed by atoms with E-state index < -0.39 is 0 Å². The minimum Gasteiger partial charge on any atom is -0.489 e. The van der Waals surface area contributed by atoms with Gasteiger partial charge in [-0.1, -0.05) is 18.5 Å². The van der Waals surface area contributed by atoms with Gasteiger partial charge in [-0.05, 0) is 57.1 Å². The first-order valence-electron chi connectivity index (χ1n) is 8.28. The van der Waals surface area contributed by atoms with E-state index in [4.69, 9.17) is 22.1 Å². The van der Waals surface area contributed by atoms with Gasteiger partial charge in [0.25, 0.3) is 0 Å². The summed E-state index contributed by atoms with van der Waals surface area (Å²) in [4.78, 5) is 6.84. The zero-order valence-electron chi connectivity index (χ0n) is 14.4. The van der Waals surface area contributed by atoms with Crippen LogP contribution in [0.25, 0.3) is 0 Å². The first kappa shape index (κ1) is 21.3. The number of aliphatic imine (C=N–C) groups is 1. The van der Waals surface area contributed by atoms with Crippen molar-refractivity contribution < 1.29 is 4.74 Å². The van der Waals surface area contributed by atoms with Crippen LogP contribution in [0.5, 0.6) is 5.75 Å². The lowest BCUT2D eigenvalue weighted by molar-refractivity contribution is 0.230. The smallest absolute Gasteiger partial charge is 0.188 e. The quantitative estimate of drug-likeness (QED) is 0.368. The van der Waals surface area contributed by atoms with Crippen molar-refractivity contribution in [3.63, 3.8) is 0 Å². The van der Waals surface area contributed by atoms with Crippen molar-refractivity contribution in [3.05, 3.63) is 29.3 Å². The second kappa shape index (κ2) is 11.0. The Morgan fingerprint density at radius 1 is 1.46 bits per heavy atom. The molecule has 0 saturated carbocycles. The molecular weight excluding hydrogens is 439 g/mol. The van der Waals surface area contributed by atoms with Gasteiger partial charge >= 0.3 is 0 Å². The molecule has 1 aromatic rings. The number of likely N-dealkylation sites (tertiary alicyclic amines) is 1. The molecule has 0 bridgehead atoms. The van der Waals surface area contributed by atoms with Crippen molar-refractivity contribution >= 4 is 41.5 Å². The first-order chi connectivity index (χ1) is 11.1. The van der Waals surface area contributed by atoms with Gasteiger partial charge in [0.2, 0.25) is 0 Å².